The summed E-state index contributed by atoms with van der Waals surface area (Å²) >= 11 is 15.2. The van der Waals surface area contributed by atoms with Crippen LogP contribution in [0, 0.1) is 0 Å². The van der Waals surface area contributed by atoms with E-state index in [2.05, 4.69) is 15.9 Å². The molecule has 0 aliphatic carbocycles. The van der Waals surface area contributed by atoms with Gasteiger partial charge in [-0.15, -0.1) is 0 Å². The highest BCUT2D eigenvalue weighted by Gasteiger charge is 2.00. The molecule has 0 amide bonds. The fraction of sp³-hybridized carbons (Fsp3) is 0.400. The summed E-state index contributed by atoms with van der Waals surface area (Å²) in [5.74, 6) is 0. The number of halogens is 3. The van der Waals surface area contributed by atoms with Crippen LogP contribution in [0.2, 0.25) is 10.0 Å². The zero-order chi connectivity index (χ0) is 9.68. The first-order valence-corrected chi connectivity index (χ1v) is 6.11. The molecule has 0 atom stereocenters. The molecule has 0 saturated carbocycles. The van der Waals surface area contributed by atoms with Gasteiger partial charge in [-0.2, -0.15) is 0 Å². The van der Waals surface area contributed by atoms with E-state index in [1.807, 2.05) is 12.1 Å². The molecule has 13 heavy (non-hydrogen) atoms. The summed E-state index contributed by atoms with van der Waals surface area (Å²) in [5.41, 5.74) is 1.19. The molecule has 1 rings (SSSR count). The molecule has 1 aromatic rings. The van der Waals surface area contributed by atoms with Crippen LogP contribution in [0.5, 0.6) is 0 Å². The number of unbranched alkanes of at least 4 members (excludes halogenated alkanes) is 1. The van der Waals surface area contributed by atoms with Crippen molar-refractivity contribution in [2.24, 2.45) is 0 Å². The number of aryl methyl sites for hydroxylation is 1. The molecule has 0 aliphatic rings. The van der Waals surface area contributed by atoms with Gasteiger partial charge in [0.2, 0.25) is 0 Å². The van der Waals surface area contributed by atoms with E-state index in [1.54, 1.807) is 6.07 Å². The van der Waals surface area contributed by atoms with Gasteiger partial charge in [0.05, 0.1) is 0 Å². The summed E-state index contributed by atoms with van der Waals surface area (Å²) in [6, 6.07) is 5.68. The van der Waals surface area contributed by atoms with Crippen molar-refractivity contribution >= 4 is 39.1 Å². The van der Waals surface area contributed by atoms with Crippen molar-refractivity contribution < 1.29 is 0 Å². The minimum absolute atomic E-state index is 0.703. The Bertz CT molecular complexity index is 274. The Morgan fingerprint density at radius 2 is 1.92 bits per heavy atom. The highest BCUT2D eigenvalue weighted by molar-refractivity contribution is 9.09. The van der Waals surface area contributed by atoms with Crippen molar-refractivity contribution in [3.8, 4) is 0 Å². The van der Waals surface area contributed by atoms with Gasteiger partial charge in [-0.1, -0.05) is 45.2 Å². The van der Waals surface area contributed by atoms with Crippen molar-refractivity contribution in [1.29, 1.82) is 0 Å². The lowest BCUT2D eigenvalue weighted by atomic mass is 10.1. The number of rotatable bonds is 4. The molecule has 0 nitrogen and oxygen atoms in total. The average Bonchev–Trinajstić information content (AvgIpc) is 2.09. The van der Waals surface area contributed by atoms with Crippen LogP contribution in [-0.2, 0) is 6.42 Å². The first-order chi connectivity index (χ1) is 6.24. The minimum atomic E-state index is 0.703. The summed E-state index contributed by atoms with van der Waals surface area (Å²) < 4.78 is 0. The summed E-state index contributed by atoms with van der Waals surface area (Å²) in [6.07, 6.45) is 3.37. The van der Waals surface area contributed by atoms with E-state index >= 15 is 0 Å². The second kappa shape index (κ2) is 5.90. The Hall–Kier alpha value is 0.280. The molecule has 1 aromatic carbocycles. The van der Waals surface area contributed by atoms with Gasteiger partial charge in [-0.3, -0.25) is 0 Å². The fourth-order valence-corrected chi connectivity index (χ4v) is 2.03. The summed E-state index contributed by atoms with van der Waals surface area (Å²) in [7, 11) is 0. The van der Waals surface area contributed by atoms with Crippen molar-refractivity contribution in [1.82, 2.24) is 0 Å². The summed E-state index contributed by atoms with van der Waals surface area (Å²) in [5, 5.41) is 2.54. The zero-order valence-electron chi connectivity index (χ0n) is 7.19. The van der Waals surface area contributed by atoms with Gasteiger partial charge in [0, 0.05) is 15.4 Å². The van der Waals surface area contributed by atoms with E-state index in [-0.39, 0.29) is 0 Å². The molecule has 0 spiro atoms. The fourth-order valence-electron chi connectivity index (χ4n) is 1.13. The molecule has 0 heterocycles. The molecule has 3 heteroatoms. The lowest BCUT2D eigenvalue weighted by molar-refractivity contribution is 0.806. The van der Waals surface area contributed by atoms with Crippen molar-refractivity contribution in [3.63, 3.8) is 0 Å². The molecule has 0 fully saturated rings. The molecule has 0 radical (unpaired) electrons. The Labute approximate surface area is 97.4 Å². The molecule has 0 aromatic heterocycles. The Morgan fingerprint density at radius 1 is 1.15 bits per heavy atom. The predicted octanol–water partition coefficient (Wildman–Crippen LogP) is 4.71. The predicted molar refractivity (Wildman–Crippen MR) is 63.2 cm³/mol. The molecule has 0 saturated heterocycles. The van der Waals surface area contributed by atoms with Gasteiger partial charge in [0.25, 0.3) is 0 Å². The van der Waals surface area contributed by atoms with Gasteiger partial charge >= 0.3 is 0 Å². The van der Waals surface area contributed by atoms with Crippen LogP contribution >= 0.6 is 39.1 Å². The van der Waals surface area contributed by atoms with E-state index < -0.39 is 0 Å². The third-order valence-electron chi connectivity index (χ3n) is 1.84. The van der Waals surface area contributed by atoms with Gasteiger partial charge in [0.1, 0.15) is 0 Å². The van der Waals surface area contributed by atoms with Crippen LogP contribution in [0.1, 0.15) is 18.4 Å². The molecule has 0 unspecified atom stereocenters. The SMILES string of the molecule is Clc1ccc(CCCCBr)c(Cl)c1. The van der Waals surface area contributed by atoms with Crippen LogP contribution in [0.15, 0.2) is 18.2 Å². The largest absolute Gasteiger partial charge is 0.0928 e. The molecule has 0 N–H and O–H groups in total. The van der Waals surface area contributed by atoms with E-state index in [0.717, 1.165) is 23.2 Å². The van der Waals surface area contributed by atoms with Crippen LogP contribution < -0.4 is 0 Å². The third kappa shape index (κ3) is 3.88. The molecular formula is C10H11BrCl2. The average molecular weight is 282 g/mol. The number of hydrogen-bond donors (Lipinski definition) is 0. The smallest absolute Gasteiger partial charge is 0.0452 e. The second-order valence-electron chi connectivity index (χ2n) is 2.88. The summed E-state index contributed by atoms with van der Waals surface area (Å²) in [6.45, 7) is 0. The van der Waals surface area contributed by atoms with Crippen molar-refractivity contribution in [2.75, 3.05) is 5.33 Å². The van der Waals surface area contributed by atoms with Gasteiger partial charge in [0.15, 0.2) is 0 Å². The molecule has 0 aliphatic heterocycles. The zero-order valence-corrected chi connectivity index (χ0v) is 10.3. The third-order valence-corrected chi connectivity index (χ3v) is 2.99. The van der Waals surface area contributed by atoms with Gasteiger partial charge in [-0.05, 0) is 37.0 Å². The normalized spacial score (nSPS) is 10.4. The Kier molecular flexibility index (Phi) is 5.15. The first kappa shape index (κ1) is 11.4. The topological polar surface area (TPSA) is 0 Å². The van der Waals surface area contributed by atoms with Crippen LogP contribution in [0.4, 0.5) is 0 Å². The second-order valence-corrected chi connectivity index (χ2v) is 4.52. The van der Waals surface area contributed by atoms with Crippen LogP contribution in [-0.4, -0.2) is 5.33 Å². The lowest BCUT2D eigenvalue weighted by Crippen LogP contribution is -1.87. The van der Waals surface area contributed by atoms with Crippen LogP contribution in [0.3, 0.4) is 0 Å². The van der Waals surface area contributed by atoms with Crippen molar-refractivity contribution in [3.05, 3.63) is 33.8 Å². The minimum Gasteiger partial charge on any atom is -0.0928 e. The maximum absolute atomic E-state index is 6.01. The molecular weight excluding hydrogens is 271 g/mol. The van der Waals surface area contributed by atoms with Crippen LogP contribution in [0.25, 0.3) is 0 Å². The molecule has 72 valence electrons. The number of hydrogen-bond acceptors (Lipinski definition) is 0. The maximum Gasteiger partial charge on any atom is 0.0452 e. The highest BCUT2D eigenvalue weighted by atomic mass is 79.9. The van der Waals surface area contributed by atoms with E-state index in [0.29, 0.717) is 5.02 Å². The standard InChI is InChI=1S/C10H11BrCl2/c11-6-2-1-3-8-4-5-9(12)7-10(8)13/h4-5,7H,1-3,6H2. The monoisotopic (exact) mass is 280 g/mol. The van der Waals surface area contributed by atoms with E-state index in [4.69, 9.17) is 23.2 Å². The number of benzene rings is 1. The van der Waals surface area contributed by atoms with Crippen molar-refractivity contribution in [2.45, 2.75) is 19.3 Å². The van der Waals surface area contributed by atoms with Gasteiger partial charge in [-0.25, -0.2) is 0 Å². The first-order valence-electron chi connectivity index (χ1n) is 4.24. The Morgan fingerprint density at radius 3 is 2.54 bits per heavy atom. The van der Waals surface area contributed by atoms with E-state index in [1.165, 1.54) is 12.0 Å². The van der Waals surface area contributed by atoms with Gasteiger partial charge < -0.3 is 0 Å². The van der Waals surface area contributed by atoms with E-state index in [9.17, 15) is 0 Å². The highest BCUT2D eigenvalue weighted by Crippen LogP contribution is 2.22. The Balaban J connectivity index is 2.56. The summed E-state index contributed by atoms with van der Waals surface area (Å²) in [4.78, 5) is 0. The quantitative estimate of drug-likeness (QED) is 0.554. The number of alkyl halides is 1. The molecule has 0 bridgehead atoms. The maximum atomic E-state index is 6.01. The lowest BCUT2D eigenvalue weighted by Gasteiger charge is -2.03.